The van der Waals surface area contributed by atoms with Gasteiger partial charge in [-0.2, -0.15) is 0 Å². The van der Waals surface area contributed by atoms with Crippen molar-refractivity contribution in [2.75, 3.05) is 13.1 Å². The SMILES string of the molecule is O=C1NCc2ccc(cc2)CNC(=O)c2cccc(n2)C(=O)NCC2CCC(CC2)CNC(=O)c2cccc1c2. The van der Waals surface area contributed by atoms with Gasteiger partial charge in [-0.3, -0.25) is 19.2 Å². The van der Waals surface area contributed by atoms with Gasteiger partial charge < -0.3 is 21.3 Å². The van der Waals surface area contributed by atoms with Crippen molar-refractivity contribution in [2.24, 2.45) is 11.8 Å². The average molecular weight is 540 g/mol. The van der Waals surface area contributed by atoms with Crippen LogP contribution in [0.15, 0.2) is 66.7 Å². The van der Waals surface area contributed by atoms with Crippen LogP contribution in [0, 0.1) is 11.8 Å². The second-order valence-corrected chi connectivity index (χ2v) is 10.5. The first-order valence-electron chi connectivity index (χ1n) is 13.7. The summed E-state index contributed by atoms with van der Waals surface area (Å²) in [6, 6.07) is 19.1. The molecule has 9 nitrogen and oxygen atoms in total. The van der Waals surface area contributed by atoms with Crippen molar-refractivity contribution in [3.8, 4) is 0 Å². The predicted octanol–water partition coefficient (Wildman–Crippen LogP) is 3.22. The van der Waals surface area contributed by atoms with Gasteiger partial charge in [-0.05, 0) is 79.0 Å². The van der Waals surface area contributed by atoms with Crippen LogP contribution >= 0.6 is 0 Å². The lowest BCUT2D eigenvalue weighted by atomic mass is 9.82. The van der Waals surface area contributed by atoms with Crippen LogP contribution in [-0.2, 0) is 13.1 Å². The Morgan fingerprint density at radius 1 is 0.525 bits per heavy atom. The van der Waals surface area contributed by atoms with E-state index in [0.29, 0.717) is 49.1 Å². The lowest BCUT2D eigenvalue weighted by Gasteiger charge is -2.28. The molecule has 40 heavy (non-hydrogen) atoms. The van der Waals surface area contributed by atoms with Gasteiger partial charge in [0.25, 0.3) is 23.6 Å². The first-order chi connectivity index (χ1) is 19.4. The molecule has 206 valence electrons. The molecule has 0 radical (unpaired) electrons. The largest absolute Gasteiger partial charge is 0.352 e. The maximum absolute atomic E-state index is 12.8. The van der Waals surface area contributed by atoms with Crippen molar-refractivity contribution in [3.05, 3.63) is 100 Å². The van der Waals surface area contributed by atoms with Crippen LogP contribution < -0.4 is 21.3 Å². The Kier molecular flexibility index (Phi) is 8.49. The summed E-state index contributed by atoms with van der Waals surface area (Å²) in [6.07, 6.45) is 3.82. The molecule has 1 aromatic heterocycles. The van der Waals surface area contributed by atoms with Crippen LogP contribution in [0.5, 0.6) is 0 Å². The molecule has 5 heterocycles. The van der Waals surface area contributed by atoms with Crippen molar-refractivity contribution in [1.82, 2.24) is 26.3 Å². The third kappa shape index (κ3) is 6.91. The van der Waals surface area contributed by atoms with E-state index in [1.165, 1.54) is 0 Å². The topological polar surface area (TPSA) is 129 Å². The van der Waals surface area contributed by atoms with Crippen LogP contribution in [0.1, 0.15) is 78.5 Å². The van der Waals surface area contributed by atoms with Gasteiger partial charge in [0.05, 0.1) is 0 Å². The van der Waals surface area contributed by atoms with Gasteiger partial charge in [0.2, 0.25) is 0 Å². The number of carbonyl (C=O) groups is 4. The van der Waals surface area contributed by atoms with E-state index in [-0.39, 0.29) is 35.0 Å². The first-order valence-corrected chi connectivity index (χ1v) is 13.7. The van der Waals surface area contributed by atoms with E-state index in [1.807, 2.05) is 24.3 Å². The van der Waals surface area contributed by atoms with Crippen molar-refractivity contribution >= 4 is 23.6 Å². The number of carbonyl (C=O) groups excluding carboxylic acids is 4. The summed E-state index contributed by atoms with van der Waals surface area (Å²) in [5, 5.41) is 11.7. The quantitative estimate of drug-likeness (QED) is 0.349. The van der Waals surface area contributed by atoms with Gasteiger partial charge in [0.1, 0.15) is 11.4 Å². The Morgan fingerprint density at radius 2 is 0.950 bits per heavy atom. The minimum absolute atomic E-state index is 0.181. The van der Waals surface area contributed by atoms with E-state index in [0.717, 1.165) is 36.8 Å². The second kappa shape index (κ2) is 12.5. The fourth-order valence-electron chi connectivity index (χ4n) is 5.13. The Labute approximate surface area is 233 Å². The number of hydrogen-bond donors (Lipinski definition) is 4. The molecular formula is C31H33N5O4. The number of rotatable bonds is 0. The number of benzene rings is 2. The number of amides is 4. The zero-order chi connectivity index (χ0) is 27.9. The minimum Gasteiger partial charge on any atom is -0.352 e. The zero-order valence-corrected chi connectivity index (χ0v) is 22.2. The average Bonchev–Trinajstić information content (AvgIpc) is 3.00. The van der Waals surface area contributed by atoms with Gasteiger partial charge in [-0.25, -0.2) is 4.98 Å². The van der Waals surface area contributed by atoms with E-state index in [9.17, 15) is 19.2 Å². The highest BCUT2D eigenvalue weighted by atomic mass is 16.2. The van der Waals surface area contributed by atoms with Crippen molar-refractivity contribution in [1.29, 1.82) is 0 Å². The van der Waals surface area contributed by atoms with Crippen LogP contribution in [0.25, 0.3) is 0 Å². The Balaban J connectivity index is 1.31. The van der Waals surface area contributed by atoms with Crippen LogP contribution in [0.4, 0.5) is 0 Å². The molecular weight excluding hydrogens is 506 g/mol. The van der Waals surface area contributed by atoms with Gasteiger partial charge in [0, 0.05) is 37.3 Å². The molecule has 4 N–H and O–H groups in total. The Bertz CT molecular complexity index is 1290. The Hall–Kier alpha value is -4.53. The van der Waals surface area contributed by atoms with Crippen molar-refractivity contribution in [2.45, 2.75) is 38.8 Å². The molecule has 1 saturated carbocycles. The van der Waals surface area contributed by atoms with Gasteiger partial charge in [-0.15, -0.1) is 0 Å². The van der Waals surface area contributed by atoms with E-state index in [2.05, 4.69) is 26.3 Å². The van der Waals surface area contributed by atoms with Gasteiger partial charge in [0.15, 0.2) is 0 Å². The molecule has 5 aliphatic rings. The summed E-state index contributed by atoms with van der Waals surface area (Å²) in [7, 11) is 0. The molecule has 0 atom stereocenters. The number of nitrogens with zero attached hydrogens (tertiary/aromatic N) is 1. The van der Waals surface area contributed by atoms with E-state index >= 15 is 0 Å². The molecule has 0 spiro atoms. The maximum Gasteiger partial charge on any atom is 0.270 e. The third-order valence-corrected chi connectivity index (χ3v) is 7.60. The monoisotopic (exact) mass is 539 g/mol. The van der Waals surface area contributed by atoms with Crippen molar-refractivity contribution < 1.29 is 19.2 Å². The summed E-state index contributed by atoms with van der Waals surface area (Å²) >= 11 is 0. The molecule has 1 aliphatic carbocycles. The standard InChI is InChI=1S/C31H33N5O4/c37-28-24-3-1-4-25(15-24)29(38)33-17-21-9-13-23(14-10-21)19-35-31(40)27-6-2-5-26(36-27)30(39)34-18-22-11-7-20(8-12-22)16-32-28/h1-8,11-12,15,21,23H,9-10,13-14,16-19H2,(H,32,37)(H,33,38)(H,34,39)(H,35,40). The zero-order valence-electron chi connectivity index (χ0n) is 22.2. The third-order valence-electron chi connectivity index (χ3n) is 7.60. The molecule has 4 amide bonds. The number of nitrogens with one attached hydrogen (secondary N) is 4. The van der Waals surface area contributed by atoms with Crippen LogP contribution in [-0.4, -0.2) is 41.7 Å². The Morgan fingerprint density at radius 3 is 1.50 bits per heavy atom. The molecule has 3 aromatic rings. The van der Waals surface area contributed by atoms with E-state index in [4.69, 9.17) is 0 Å². The highest BCUT2D eigenvalue weighted by Crippen LogP contribution is 2.28. The molecule has 4 aliphatic heterocycles. The van der Waals surface area contributed by atoms with Crippen LogP contribution in [0.3, 0.4) is 0 Å². The maximum atomic E-state index is 12.8. The van der Waals surface area contributed by atoms with Gasteiger partial charge >= 0.3 is 0 Å². The summed E-state index contributed by atoms with van der Waals surface area (Å²) in [5.41, 5.74) is 3.05. The summed E-state index contributed by atoms with van der Waals surface area (Å²) in [5.74, 6) is -0.391. The molecule has 9 heteroatoms. The predicted molar refractivity (Wildman–Crippen MR) is 150 cm³/mol. The molecule has 1 fully saturated rings. The minimum atomic E-state index is -0.361. The highest BCUT2D eigenvalue weighted by Gasteiger charge is 2.23. The van der Waals surface area contributed by atoms with Crippen LogP contribution in [0.2, 0.25) is 0 Å². The molecule has 8 rings (SSSR count). The molecule has 2 aromatic carbocycles. The number of aromatic nitrogens is 1. The van der Waals surface area contributed by atoms with E-state index < -0.39 is 0 Å². The van der Waals surface area contributed by atoms with Crippen molar-refractivity contribution in [3.63, 3.8) is 0 Å². The molecule has 0 unspecified atom stereocenters. The number of hydrogen-bond acceptors (Lipinski definition) is 5. The fraction of sp³-hybridized carbons (Fsp3) is 0.323. The van der Waals surface area contributed by atoms with E-state index in [1.54, 1.807) is 42.5 Å². The smallest absolute Gasteiger partial charge is 0.270 e. The second-order valence-electron chi connectivity index (χ2n) is 10.5. The summed E-state index contributed by atoms with van der Waals surface area (Å²) < 4.78 is 0. The van der Waals surface area contributed by atoms with Gasteiger partial charge in [-0.1, -0.05) is 36.4 Å². The lowest BCUT2D eigenvalue weighted by molar-refractivity contribution is 0.0916. The molecule has 0 saturated heterocycles. The highest BCUT2D eigenvalue weighted by molar-refractivity contribution is 5.99. The number of pyridine rings is 1. The molecule has 8 bridgehead atoms. The summed E-state index contributed by atoms with van der Waals surface area (Å²) in [4.78, 5) is 55.3. The lowest BCUT2D eigenvalue weighted by Crippen LogP contribution is -2.35. The normalized spacial score (nSPS) is 20.7. The summed E-state index contributed by atoms with van der Waals surface area (Å²) in [6.45, 7) is 1.73. The fourth-order valence-corrected chi connectivity index (χ4v) is 5.13. The first kappa shape index (κ1) is 27.1.